The highest BCUT2D eigenvalue weighted by Gasteiger charge is 2.34. The molecular formula is C14H24N4O5S2. The summed E-state index contributed by atoms with van der Waals surface area (Å²) in [7, 11) is -2.43. The van der Waals surface area contributed by atoms with Crippen molar-refractivity contribution in [3.05, 3.63) is 18.0 Å². The van der Waals surface area contributed by atoms with Crippen LogP contribution >= 0.6 is 0 Å². The second-order valence-electron chi connectivity index (χ2n) is 6.17. The first-order valence-electron chi connectivity index (χ1n) is 7.80. The minimum atomic E-state index is -3.73. The monoisotopic (exact) mass is 392 g/mol. The normalized spacial score (nSPS) is 17.8. The van der Waals surface area contributed by atoms with Crippen molar-refractivity contribution in [3.8, 4) is 0 Å². The summed E-state index contributed by atoms with van der Waals surface area (Å²) in [6.45, 7) is 0.466. The maximum Gasteiger partial charge on any atom is 0.267 e. The summed E-state index contributed by atoms with van der Waals surface area (Å²) in [5.41, 5.74) is 0.257. The zero-order valence-corrected chi connectivity index (χ0v) is 16.4. The number of rotatable bonds is 5. The van der Waals surface area contributed by atoms with Crippen molar-refractivity contribution in [3.63, 3.8) is 0 Å². The first-order chi connectivity index (χ1) is 11.5. The molecular weight excluding hydrogens is 368 g/mol. The Kier molecular flexibility index (Phi) is 5.62. The molecule has 11 heteroatoms. The van der Waals surface area contributed by atoms with Gasteiger partial charge in [0.05, 0.1) is 6.26 Å². The van der Waals surface area contributed by atoms with E-state index in [1.165, 1.54) is 39.5 Å². The molecule has 1 aromatic heterocycles. The van der Waals surface area contributed by atoms with E-state index in [0.717, 1.165) is 6.26 Å². The number of piperidine rings is 1. The smallest absolute Gasteiger partial charge is 0.267 e. The number of aryl methyl sites for hydroxylation is 1. The number of sulfonamides is 2. The van der Waals surface area contributed by atoms with E-state index >= 15 is 0 Å². The van der Waals surface area contributed by atoms with Gasteiger partial charge < -0.3 is 9.88 Å². The van der Waals surface area contributed by atoms with Gasteiger partial charge in [-0.15, -0.1) is 0 Å². The molecule has 2 heterocycles. The van der Waals surface area contributed by atoms with Gasteiger partial charge in [0, 0.05) is 46.5 Å². The van der Waals surface area contributed by atoms with E-state index in [9.17, 15) is 21.6 Å². The largest absolute Gasteiger partial charge is 0.354 e. The fourth-order valence-corrected chi connectivity index (χ4v) is 5.19. The van der Waals surface area contributed by atoms with Crippen LogP contribution in [-0.4, -0.2) is 75.4 Å². The summed E-state index contributed by atoms with van der Waals surface area (Å²) in [4.78, 5) is 11.8. The Morgan fingerprint density at radius 1 is 1.24 bits per heavy atom. The maximum atomic E-state index is 12.8. The lowest BCUT2D eigenvalue weighted by Gasteiger charge is -2.34. The molecule has 0 radical (unpaired) electrons. The minimum Gasteiger partial charge on any atom is -0.354 e. The van der Waals surface area contributed by atoms with Crippen LogP contribution in [0.15, 0.2) is 17.2 Å². The van der Waals surface area contributed by atoms with Gasteiger partial charge in [0.15, 0.2) is 0 Å². The molecule has 2 rings (SSSR count). The van der Waals surface area contributed by atoms with Gasteiger partial charge in [0.25, 0.3) is 5.91 Å². The van der Waals surface area contributed by atoms with Crippen molar-refractivity contribution in [2.24, 2.45) is 7.05 Å². The van der Waals surface area contributed by atoms with Gasteiger partial charge in [-0.25, -0.2) is 21.1 Å². The standard InChI is InChI=1S/C14H24N4O5S2/c1-15-14(19)13-9-12(10-16(13)2)25(22,23)18-7-5-11(6-8-18)17(3)24(4,20)21/h9-11H,5-8H2,1-4H3,(H,15,19). The Labute approximate surface area is 148 Å². The van der Waals surface area contributed by atoms with E-state index in [2.05, 4.69) is 5.32 Å². The Morgan fingerprint density at radius 2 is 1.80 bits per heavy atom. The molecule has 1 aliphatic rings. The van der Waals surface area contributed by atoms with Crippen molar-refractivity contribution in [2.45, 2.75) is 23.8 Å². The van der Waals surface area contributed by atoms with Gasteiger partial charge in [-0.3, -0.25) is 4.79 Å². The van der Waals surface area contributed by atoms with Crippen molar-refractivity contribution in [2.75, 3.05) is 33.4 Å². The summed E-state index contributed by atoms with van der Waals surface area (Å²) in [6.07, 6.45) is 3.41. The van der Waals surface area contributed by atoms with Gasteiger partial charge in [0.2, 0.25) is 20.0 Å². The predicted molar refractivity (Wildman–Crippen MR) is 93.2 cm³/mol. The predicted octanol–water partition coefficient (Wildman–Crippen LogP) is -0.571. The van der Waals surface area contributed by atoms with E-state index in [0.29, 0.717) is 12.8 Å². The molecule has 0 spiro atoms. The Bertz CT molecular complexity index is 852. The van der Waals surface area contributed by atoms with E-state index in [1.54, 1.807) is 7.05 Å². The number of nitrogens with zero attached hydrogens (tertiary/aromatic N) is 3. The van der Waals surface area contributed by atoms with Crippen molar-refractivity contribution >= 4 is 26.0 Å². The van der Waals surface area contributed by atoms with Crippen molar-refractivity contribution in [1.29, 1.82) is 0 Å². The van der Waals surface area contributed by atoms with Gasteiger partial charge >= 0.3 is 0 Å². The zero-order chi connectivity index (χ0) is 19.0. The topological polar surface area (TPSA) is 109 Å². The molecule has 1 N–H and O–H groups in total. The first-order valence-corrected chi connectivity index (χ1v) is 11.1. The summed E-state index contributed by atoms with van der Waals surface area (Å²) in [6, 6.07) is 1.14. The fourth-order valence-electron chi connectivity index (χ4n) is 2.90. The zero-order valence-electron chi connectivity index (χ0n) is 14.8. The van der Waals surface area contributed by atoms with Gasteiger partial charge in [-0.05, 0) is 18.9 Å². The minimum absolute atomic E-state index is 0.0588. The lowest BCUT2D eigenvalue weighted by atomic mass is 10.1. The highest BCUT2D eigenvalue weighted by molar-refractivity contribution is 7.89. The average molecular weight is 393 g/mol. The van der Waals surface area contributed by atoms with Crippen molar-refractivity contribution < 1.29 is 21.6 Å². The van der Waals surface area contributed by atoms with Crippen LogP contribution in [0.1, 0.15) is 23.3 Å². The molecule has 0 unspecified atom stereocenters. The molecule has 0 atom stereocenters. The molecule has 1 saturated heterocycles. The molecule has 1 aromatic rings. The molecule has 0 aromatic carbocycles. The number of amides is 1. The van der Waals surface area contributed by atoms with E-state index in [4.69, 9.17) is 0 Å². The van der Waals surface area contributed by atoms with Gasteiger partial charge in [-0.2, -0.15) is 4.31 Å². The number of carbonyl (C=O) groups excluding carboxylic acids is 1. The SMILES string of the molecule is CNC(=O)c1cc(S(=O)(=O)N2CCC(N(C)S(C)(=O)=O)CC2)cn1C. The molecule has 1 aliphatic heterocycles. The van der Waals surface area contributed by atoms with Crippen LogP contribution in [0.25, 0.3) is 0 Å². The number of hydrogen-bond donors (Lipinski definition) is 1. The van der Waals surface area contributed by atoms with Crippen LogP contribution in [-0.2, 0) is 27.1 Å². The quantitative estimate of drug-likeness (QED) is 0.722. The molecule has 1 amide bonds. The average Bonchev–Trinajstić information content (AvgIpc) is 2.95. The summed E-state index contributed by atoms with van der Waals surface area (Å²) in [5.74, 6) is -0.363. The van der Waals surface area contributed by atoms with Crippen LogP contribution in [0.2, 0.25) is 0 Å². The molecule has 142 valence electrons. The maximum absolute atomic E-state index is 12.8. The molecule has 1 fully saturated rings. The molecule has 9 nitrogen and oxygen atoms in total. The van der Waals surface area contributed by atoms with E-state index < -0.39 is 20.0 Å². The van der Waals surface area contributed by atoms with E-state index in [-0.39, 0.29) is 35.6 Å². The second kappa shape index (κ2) is 7.06. The van der Waals surface area contributed by atoms with Crippen LogP contribution in [0, 0.1) is 0 Å². The number of nitrogens with one attached hydrogen (secondary N) is 1. The number of hydrogen-bond acceptors (Lipinski definition) is 5. The van der Waals surface area contributed by atoms with Crippen LogP contribution in [0.4, 0.5) is 0 Å². The Balaban J connectivity index is 2.16. The highest BCUT2D eigenvalue weighted by atomic mass is 32.2. The molecule has 0 aliphatic carbocycles. The van der Waals surface area contributed by atoms with Crippen LogP contribution in [0.5, 0.6) is 0 Å². The summed E-state index contributed by atoms with van der Waals surface area (Å²) >= 11 is 0. The second-order valence-corrected chi connectivity index (χ2v) is 10.1. The van der Waals surface area contributed by atoms with Crippen LogP contribution in [0.3, 0.4) is 0 Å². The summed E-state index contributed by atoms with van der Waals surface area (Å²) < 4.78 is 52.9. The molecule has 25 heavy (non-hydrogen) atoms. The Hall–Kier alpha value is -1.43. The van der Waals surface area contributed by atoms with Crippen molar-refractivity contribution in [1.82, 2.24) is 18.5 Å². The third-order valence-electron chi connectivity index (χ3n) is 4.54. The Morgan fingerprint density at radius 3 is 2.28 bits per heavy atom. The summed E-state index contributed by atoms with van der Waals surface area (Å²) in [5, 5.41) is 2.47. The lowest BCUT2D eigenvalue weighted by molar-refractivity contribution is 0.0955. The molecule has 0 bridgehead atoms. The fraction of sp³-hybridized carbons (Fsp3) is 0.643. The third kappa shape index (κ3) is 4.05. The number of aromatic nitrogens is 1. The lowest BCUT2D eigenvalue weighted by Crippen LogP contribution is -2.46. The number of carbonyl (C=O) groups is 1. The first kappa shape index (κ1) is 19.9. The van der Waals surface area contributed by atoms with Gasteiger partial charge in [0.1, 0.15) is 10.6 Å². The van der Waals surface area contributed by atoms with Crippen LogP contribution < -0.4 is 5.32 Å². The molecule has 0 saturated carbocycles. The van der Waals surface area contributed by atoms with E-state index in [1.807, 2.05) is 0 Å². The third-order valence-corrected chi connectivity index (χ3v) is 7.75. The van der Waals surface area contributed by atoms with Gasteiger partial charge in [-0.1, -0.05) is 0 Å². The highest BCUT2D eigenvalue weighted by Crippen LogP contribution is 2.24.